The van der Waals surface area contributed by atoms with Gasteiger partial charge >= 0.3 is 26.2 Å². The largest absolute Gasteiger partial charge is 4.00 e. The van der Waals surface area contributed by atoms with Crippen LogP contribution in [0.15, 0.2) is 59.2 Å². The summed E-state index contributed by atoms with van der Waals surface area (Å²) < 4.78 is 0. The van der Waals surface area contributed by atoms with Crippen LogP contribution in [-0.2, 0) is 32.6 Å². The van der Waals surface area contributed by atoms with E-state index in [1.54, 1.807) is 0 Å². The van der Waals surface area contributed by atoms with Crippen LogP contribution in [0.25, 0.3) is 10.8 Å². The number of hydrogen-bond acceptors (Lipinski definition) is 0. The third-order valence-corrected chi connectivity index (χ3v) is 5.15. The van der Waals surface area contributed by atoms with Crippen LogP contribution >= 0.6 is 0 Å². The molecule has 0 N–H and O–H groups in total. The molecule has 0 amide bonds. The molecule has 4 rings (SSSR count). The second-order valence-corrected chi connectivity index (χ2v) is 7.00. The maximum atomic E-state index is 3.44. The Balaban J connectivity index is 0.000000445. The first kappa shape index (κ1) is 25.4. The number of allylic oxidation sites excluding steroid dienone is 5. The predicted molar refractivity (Wildman–Crippen MR) is 99.2 cm³/mol. The monoisotopic (exact) mass is 460 g/mol. The molecule has 0 saturated heterocycles. The Labute approximate surface area is 189 Å². The van der Waals surface area contributed by atoms with E-state index < -0.39 is 0 Å². The Morgan fingerprint density at radius 3 is 2.12 bits per heavy atom. The summed E-state index contributed by atoms with van der Waals surface area (Å²) in [5.74, 6) is 0. The van der Waals surface area contributed by atoms with Crippen molar-refractivity contribution in [3.63, 3.8) is 0 Å². The van der Waals surface area contributed by atoms with Gasteiger partial charge in [0, 0.05) is 0 Å². The maximum absolute atomic E-state index is 3.44. The minimum atomic E-state index is 0. The Morgan fingerprint density at radius 2 is 1.58 bits per heavy atom. The van der Waals surface area contributed by atoms with E-state index in [1.165, 1.54) is 38.6 Å². The number of fused-ring (bicyclic) bond motifs is 3. The second kappa shape index (κ2) is 10.1. The fraction of sp³-hybridized carbons (Fsp3) is 0.304. The summed E-state index contributed by atoms with van der Waals surface area (Å²) in [6, 6.07) is 12.9. The molecular formula is C23H24Cl2Zr. The second-order valence-electron chi connectivity index (χ2n) is 7.00. The molecule has 0 radical (unpaired) electrons. The summed E-state index contributed by atoms with van der Waals surface area (Å²) >= 11 is 0. The molecule has 0 fully saturated rings. The molecule has 134 valence electrons. The first-order valence-electron chi connectivity index (χ1n) is 8.29. The molecule has 2 aliphatic rings. The molecule has 26 heavy (non-hydrogen) atoms. The van der Waals surface area contributed by atoms with Crippen LogP contribution in [0.2, 0.25) is 0 Å². The molecule has 0 bridgehead atoms. The van der Waals surface area contributed by atoms with Crippen LogP contribution in [0.1, 0.15) is 45.7 Å². The molecule has 0 atom stereocenters. The van der Waals surface area contributed by atoms with Crippen molar-refractivity contribution in [1.29, 1.82) is 0 Å². The van der Waals surface area contributed by atoms with Gasteiger partial charge in [0.25, 0.3) is 0 Å². The smallest absolute Gasteiger partial charge is 1.00 e. The molecule has 2 aromatic rings. The molecule has 2 aromatic carbocycles. The average Bonchev–Trinajstić information content (AvgIpc) is 3.08. The SMILES string of the molecule is CC1=[C-]C(C)(C)C(C)=C1C.[C-]1=CCc2ccc3ccccc3c21.[Cl-].[Cl-].[Zr+4]. The van der Waals surface area contributed by atoms with E-state index in [1.807, 2.05) is 0 Å². The Bertz CT molecular complexity index is 858. The van der Waals surface area contributed by atoms with Gasteiger partial charge in [-0.25, -0.2) is 5.57 Å². The van der Waals surface area contributed by atoms with E-state index in [0.29, 0.717) is 0 Å². The van der Waals surface area contributed by atoms with Crippen molar-refractivity contribution in [3.05, 3.63) is 82.5 Å². The Hall–Kier alpha value is -0.617. The zero-order chi connectivity index (χ0) is 16.6. The maximum Gasteiger partial charge on any atom is 4.00 e. The first-order valence-corrected chi connectivity index (χ1v) is 8.29. The first-order chi connectivity index (χ1) is 10.9. The molecule has 2 aliphatic carbocycles. The Kier molecular flexibility index (Phi) is 9.83. The van der Waals surface area contributed by atoms with Crippen molar-refractivity contribution < 1.29 is 51.0 Å². The van der Waals surface area contributed by atoms with E-state index in [9.17, 15) is 0 Å². The van der Waals surface area contributed by atoms with Crippen molar-refractivity contribution >= 4 is 10.8 Å². The zero-order valence-electron chi connectivity index (χ0n) is 16.0. The molecule has 3 heteroatoms. The van der Waals surface area contributed by atoms with Gasteiger partial charge in [0.1, 0.15) is 0 Å². The number of rotatable bonds is 0. The standard InChI is InChI=1S/C13H9.C10H15.2ClH.Zr/c1-2-6-12-10(4-1)8-9-11-5-3-7-13(11)12;1-7-6-10(4,5)9(3)8(7)2;;;/h1-4,6,8-9H,5H2;1-5H3;2*1H;/q2*-1;;;+4/p-2. The summed E-state index contributed by atoms with van der Waals surface area (Å²) in [7, 11) is 0. The van der Waals surface area contributed by atoms with E-state index >= 15 is 0 Å². The summed E-state index contributed by atoms with van der Waals surface area (Å²) in [5, 5.41) is 2.64. The normalized spacial score (nSPS) is 15.8. The summed E-state index contributed by atoms with van der Waals surface area (Å²) in [4.78, 5) is 0. The van der Waals surface area contributed by atoms with Crippen LogP contribution in [-0.4, -0.2) is 0 Å². The van der Waals surface area contributed by atoms with Crippen molar-refractivity contribution in [2.24, 2.45) is 5.41 Å². The van der Waals surface area contributed by atoms with Crippen LogP contribution in [0.4, 0.5) is 0 Å². The van der Waals surface area contributed by atoms with Crippen LogP contribution in [0.5, 0.6) is 0 Å². The molecule has 0 heterocycles. The fourth-order valence-corrected chi connectivity index (χ4v) is 3.33. The topological polar surface area (TPSA) is 0 Å². The zero-order valence-corrected chi connectivity index (χ0v) is 20.0. The van der Waals surface area contributed by atoms with Gasteiger partial charge in [-0.05, 0) is 0 Å². The number of hydrogen-bond donors (Lipinski definition) is 0. The molecule has 0 saturated carbocycles. The van der Waals surface area contributed by atoms with E-state index in [0.717, 1.165) is 6.42 Å². The third-order valence-electron chi connectivity index (χ3n) is 5.15. The molecular weight excluding hydrogens is 438 g/mol. The minimum absolute atomic E-state index is 0. The van der Waals surface area contributed by atoms with Gasteiger partial charge in [0.15, 0.2) is 0 Å². The number of halogens is 2. The molecule has 0 aliphatic heterocycles. The van der Waals surface area contributed by atoms with Gasteiger partial charge in [-0.15, -0.1) is 30.0 Å². The molecule has 0 spiro atoms. The van der Waals surface area contributed by atoms with Gasteiger partial charge < -0.3 is 24.8 Å². The van der Waals surface area contributed by atoms with Gasteiger partial charge in [-0.1, -0.05) is 69.2 Å². The van der Waals surface area contributed by atoms with Crippen molar-refractivity contribution in [2.75, 3.05) is 0 Å². The molecule has 0 unspecified atom stereocenters. The fourth-order valence-electron chi connectivity index (χ4n) is 3.33. The van der Waals surface area contributed by atoms with Crippen molar-refractivity contribution in [3.8, 4) is 0 Å². The minimum Gasteiger partial charge on any atom is -1.00 e. The van der Waals surface area contributed by atoms with E-state index in [-0.39, 0.29) is 56.4 Å². The quantitative estimate of drug-likeness (QED) is 0.492. The summed E-state index contributed by atoms with van der Waals surface area (Å²) in [6.07, 6.45) is 9.90. The van der Waals surface area contributed by atoms with Gasteiger partial charge in [-0.3, -0.25) is 6.08 Å². The van der Waals surface area contributed by atoms with Crippen LogP contribution in [0.3, 0.4) is 0 Å². The third kappa shape index (κ3) is 5.00. The van der Waals surface area contributed by atoms with Crippen LogP contribution in [0, 0.1) is 17.6 Å². The average molecular weight is 463 g/mol. The van der Waals surface area contributed by atoms with Gasteiger partial charge in [0.05, 0.1) is 0 Å². The predicted octanol–water partition coefficient (Wildman–Crippen LogP) is 0.221. The van der Waals surface area contributed by atoms with E-state index in [2.05, 4.69) is 89.2 Å². The molecule has 0 aromatic heterocycles. The van der Waals surface area contributed by atoms with Crippen molar-refractivity contribution in [1.82, 2.24) is 0 Å². The summed E-state index contributed by atoms with van der Waals surface area (Å²) in [6.45, 7) is 10.9. The number of benzene rings is 2. The summed E-state index contributed by atoms with van der Waals surface area (Å²) in [5.41, 5.74) is 7.09. The van der Waals surface area contributed by atoms with E-state index in [4.69, 9.17) is 0 Å². The van der Waals surface area contributed by atoms with Crippen molar-refractivity contribution in [2.45, 2.75) is 41.0 Å². The molecule has 0 nitrogen and oxygen atoms in total. The Morgan fingerprint density at radius 1 is 0.923 bits per heavy atom. The van der Waals surface area contributed by atoms with Gasteiger partial charge in [-0.2, -0.15) is 28.9 Å². The van der Waals surface area contributed by atoms with Gasteiger partial charge in [0.2, 0.25) is 0 Å². The van der Waals surface area contributed by atoms with Crippen LogP contribution < -0.4 is 24.8 Å².